The van der Waals surface area contributed by atoms with Crippen LogP contribution in [0.3, 0.4) is 0 Å². The van der Waals surface area contributed by atoms with Crippen molar-refractivity contribution in [2.75, 3.05) is 16.8 Å². The summed E-state index contributed by atoms with van der Waals surface area (Å²) in [6, 6.07) is 32.2. The predicted molar refractivity (Wildman–Crippen MR) is 150 cm³/mol. The zero-order valence-corrected chi connectivity index (χ0v) is 20.9. The number of benzene rings is 4. The maximum atomic E-state index is 14.0. The minimum absolute atomic E-state index is 0.119. The molecule has 1 aromatic heterocycles. The van der Waals surface area contributed by atoms with Crippen LogP contribution >= 0.6 is 0 Å². The molecule has 0 fully saturated rings. The molecule has 6 nitrogen and oxygen atoms in total. The van der Waals surface area contributed by atoms with Crippen molar-refractivity contribution in [1.82, 2.24) is 9.97 Å². The lowest BCUT2D eigenvalue weighted by Crippen LogP contribution is -2.32. The van der Waals surface area contributed by atoms with E-state index >= 15 is 0 Å². The number of H-pyrrole nitrogens is 1. The van der Waals surface area contributed by atoms with Crippen LogP contribution in [0, 0.1) is 6.92 Å². The maximum Gasteiger partial charge on any atom is 0.258 e. The quantitative estimate of drug-likeness (QED) is 0.297. The van der Waals surface area contributed by atoms with Crippen molar-refractivity contribution in [3.63, 3.8) is 0 Å². The zero-order valence-electron chi connectivity index (χ0n) is 20.9. The van der Waals surface area contributed by atoms with E-state index in [-0.39, 0.29) is 11.8 Å². The molecular weight excluding hydrogens is 472 g/mol. The standard InChI is InChI=1S/C32H26N4O2/c1-21-33-28-18-19-36(29-15-9-8-14-26(29)30(28)34-21)32(38)23-16-17-25(27(20-23)22-10-4-2-5-11-22)31(37)35-24-12-6-3-7-13-24/h2-17,20H,18-19H2,1H3,(H,33,34)(H,35,37). The summed E-state index contributed by atoms with van der Waals surface area (Å²) in [6.45, 7) is 2.46. The Kier molecular flexibility index (Phi) is 6.06. The summed E-state index contributed by atoms with van der Waals surface area (Å²) in [7, 11) is 0. The second kappa shape index (κ2) is 9.82. The highest BCUT2D eigenvalue weighted by Crippen LogP contribution is 2.36. The average Bonchev–Trinajstić information content (AvgIpc) is 3.26. The van der Waals surface area contributed by atoms with Gasteiger partial charge in [-0.2, -0.15) is 0 Å². The number of nitrogens with one attached hydrogen (secondary N) is 2. The first kappa shape index (κ1) is 23.4. The van der Waals surface area contributed by atoms with Crippen molar-refractivity contribution in [2.24, 2.45) is 0 Å². The van der Waals surface area contributed by atoms with E-state index in [2.05, 4.69) is 10.3 Å². The first-order chi connectivity index (χ1) is 18.6. The molecule has 0 bridgehead atoms. The number of aromatic amines is 1. The first-order valence-electron chi connectivity index (χ1n) is 12.6. The Labute approximate surface area is 221 Å². The van der Waals surface area contributed by atoms with Gasteiger partial charge in [0.05, 0.1) is 11.4 Å². The van der Waals surface area contributed by atoms with Gasteiger partial charge in [0.1, 0.15) is 5.82 Å². The SMILES string of the molecule is Cc1nc2c([nH]1)CCN(C(=O)c1ccc(C(=O)Nc3ccccc3)c(-c3ccccc3)c1)c1ccccc1-2. The normalized spacial score (nSPS) is 12.3. The Morgan fingerprint density at radius 2 is 1.55 bits per heavy atom. The molecule has 6 rings (SSSR count). The molecule has 4 aromatic carbocycles. The van der Waals surface area contributed by atoms with Crippen molar-refractivity contribution in [2.45, 2.75) is 13.3 Å². The fourth-order valence-corrected chi connectivity index (χ4v) is 5.02. The number of hydrogen-bond acceptors (Lipinski definition) is 3. The highest BCUT2D eigenvalue weighted by molar-refractivity contribution is 6.12. The highest BCUT2D eigenvalue weighted by Gasteiger charge is 2.27. The third-order valence-electron chi connectivity index (χ3n) is 6.81. The van der Waals surface area contributed by atoms with Crippen LogP contribution in [0.4, 0.5) is 11.4 Å². The van der Waals surface area contributed by atoms with Gasteiger partial charge >= 0.3 is 0 Å². The number of nitrogens with zero attached hydrogens (tertiary/aromatic N) is 2. The molecule has 0 radical (unpaired) electrons. The van der Waals surface area contributed by atoms with Gasteiger partial charge in [-0.15, -0.1) is 0 Å². The van der Waals surface area contributed by atoms with E-state index in [0.29, 0.717) is 35.3 Å². The molecule has 0 aliphatic carbocycles. The molecule has 0 saturated carbocycles. The van der Waals surface area contributed by atoms with E-state index in [9.17, 15) is 9.59 Å². The van der Waals surface area contributed by atoms with Gasteiger partial charge in [0.2, 0.25) is 0 Å². The fraction of sp³-hybridized carbons (Fsp3) is 0.0938. The molecular formula is C32H26N4O2. The van der Waals surface area contributed by atoms with Gasteiger partial charge in [0.25, 0.3) is 11.8 Å². The van der Waals surface area contributed by atoms with Crippen LogP contribution in [0.1, 0.15) is 32.2 Å². The fourth-order valence-electron chi connectivity index (χ4n) is 5.02. The van der Waals surface area contributed by atoms with Crippen LogP contribution in [0.25, 0.3) is 22.4 Å². The Morgan fingerprint density at radius 1 is 0.842 bits per heavy atom. The van der Waals surface area contributed by atoms with Crippen molar-refractivity contribution >= 4 is 23.2 Å². The number of aryl methyl sites for hydroxylation is 1. The lowest BCUT2D eigenvalue weighted by molar-refractivity contribution is 0.0984. The van der Waals surface area contributed by atoms with Crippen LogP contribution in [0.15, 0.2) is 103 Å². The lowest BCUT2D eigenvalue weighted by atomic mass is 9.96. The van der Waals surface area contributed by atoms with E-state index in [1.54, 1.807) is 12.1 Å². The van der Waals surface area contributed by atoms with E-state index < -0.39 is 0 Å². The molecule has 186 valence electrons. The van der Waals surface area contributed by atoms with Crippen LogP contribution in [0.2, 0.25) is 0 Å². The summed E-state index contributed by atoms with van der Waals surface area (Å²) in [5, 5.41) is 2.97. The molecule has 5 aromatic rings. The zero-order chi connectivity index (χ0) is 26.1. The summed E-state index contributed by atoms with van der Waals surface area (Å²) in [5.41, 5.74) is 6.99. The van der Waals surface area contributed by atoms with Gasteiger partial charge in [-0.1, -0.05) is 66.7 Å². The molecule has 2 amide bonds. The van der Waals surface area contributed by atoms with Gasteiger partial charge in [0, 0.05) is 41.0 Å². The predicted octanol–water partition coefficient (Wildman–Crippen LogP) is 6.51. The molecule has 2 heterocycles. The number of anilines is 2. The number of hydrogen-bond donors (Lipinski definition) is 2. The maximum absolute atomic E-state index is 14.0. The number of aromatic nitrogens is 2. The van der Waals surface area contributed by atoms with E-state index in [4.69, 9.17) is 4.98 Å². The molecule has 0 saturated heterocycles. The highest BCUT2D eigenvalue weighted by atomic mass is 16.2. The number of rotatable bonds is 4. The van der Waals surface area contributed by atoms with Gasteiger partial charge in [-0.25, -0.2) is 4.98 Å². The van der Waals surface area contributed by atoms with Crippen LogP contribution < -0.4 is 10.2 Å². The second-order valence-corrected chi connectivity index (χ2v) is 9.32. The number of fused-ring (bicyclic) bond motifs is 3. The monoisotopic (exact) mass is 498 g/mol. The number of carbonyl (C=O) groups excluding carboxylic acids is 2. The van der Waals surface area contributed by atoms with Gasteiger partial charge in [-0.3, -0.25) is 9.59 Å². The lowest BCUT2D eigenvalue weighted by Gasteiger charge is -2.23. The third-order valence-corrected chi connectivity index (χ3v) is 6.81. The Bertz CT molecular complexity index is 1640. The van der Waals surface area contributed by atoms with Crippen LogP contribution in [-0.2, 0) is 6.42 Å². The van der Waals surface area contributed by atoms with Gasteiger partial charge < -0.3 is 15.2 Å². The average molecular weight is 499 g/mol. The van der Waals surface area contributed by atoms with E-state index in [1.165, 1.54) is 0 Å². The first-order valence-corrected chi connectivity index (χ1v) is 12.6. The van der Waals surface area contributed by atoms with Crippen LogP contribution in [-0.4, -0.2) is 28.3 Å². The number of carbonyl (C=O) groups is 2. The number of amides is 2. The summed E-state index contributed by atoms with van der Waals surface area (Å²) in [5.74, 6) is 0.516. The minimum Gasteiger partial charge on any atom is -0.346 e. The summed E-state index contributed by atoms with van der Waals surface area (Å²) < 4.78 is 0. The molecule has 6 heteroatoms. The number of para-hydroxylation sites is 2. The van der Waals surface area contributed by atoms with Crippen LogP contribution in [0.5, 0.6) is 0 Å². The Morgan fingerprint density at radius 3 is 2.34 bits per heavy atom. The molecule has 38 heavy (non-hydrogen) atoms. The Hall–Kier alpha value is -4.97. The molecule has 2 N–H and O–H groups in total. The van der Waals surface area contributed by atoms with Gasteiger partial charge in [0.15, 0.2) is 0 Å². The minimum atomic E-state index is -0.228. The largest absolute Gasteiger partial charge is 0.346 e. The third kappa shape index (κ3) is 4.37. The Balaban J connectivity index is 1.40. The van der Waals surface area contributed by atoms with Crippen molar-refractivity contribution in [1.29, 1.82) is 0 Å². The van der Waals surface area contributed by atoms with E-state index in [0.717, 1.165) is 34.0 Å². The molecule has 0 unspecified atom stereocenters. The van der Waals surface area contributed by atoms with Gasteiger partial charge in [-0.05, 0) is 54.4 Å². The molecule has 1 aliphatic rings. The van der Waals surface area contributed by atoms with Crippen molar-refractivity contribution in [3.05, 3.63) is 126 Å². The number of imidazole rings is 1. The van der Waals surface area contributed by atoms with E-state index in [1.807, 2.05) is 103 Å². The second-order valence-electron chi connectivity index (χ2n) is 9.32. The smallest absolute Gasteiger partial charge is 0.258 e. The summed E-state index contributed by atoms with van der Waals surface area (Å²) in [4.78, 5) is 37.2. The summed E-state index contributed by atoms with van der Waals surface area (Å²) >= 11 is 0. The van der Waals surface area contributed by atoms with Crippen molar-refractivity contribution < 1.29 is 9.59 Å². The molecule has 0 spiro atoms. The van der Waals surface area contributed by atoms with Crippen molar-refractivity contribution in [3.8, 4) is 22.4 Å². The summed E-state index contributed by atoms with van der Waals surface area (Å²) in [6.07, 6.45) is 0.666. The molecule has 0 atom stereocenters. The molecule has 1 aliphatic heterocycles. The topological polar surface area (TPSA) is 78.1 Å².